The Hall–Kier alpha value is -3.19. The van der Waals surface area contributed by atoms with Crippen LogP contribution in [0.4, 0.5) is 10.8 Å². The summed E-state index contributed by atoms with van der Waals surface area (Å²) in [6, 6.07) is 15.3. The van der Waals surface area contributed by atoms with Crippen LogP contribution in [0.5, 0.6) is 5.75 Å². The minimum absolute atomic E-state index is 0.0839. The first-order valence-electron chi connectivity index (χ1n) is 8.47. The smallest absolute Gasteiger partial charge is 0.266 e. The topological polar surface area (TPSA) is 80.3 Å². The van der Waals surface area contributed by atoms with Crippen LogP contribution in [0, 0.1) is 6.92 Å². The first-order valence-corrected chi connectivity index (χ1v) is 9.35. The van der Waals surface area contributed by atoms with Crippen molar-refractivity contribution in [3.8, 4) is 17.0 Å². The summed E-state index contributed by atoms with van der Waals surface area (Å²) in [5.74, 6) is -0.0781. The largest absolute Gasteiger partial charge is 0.478 e. The van der Waals surface area contributed by atoms with Gasteiger partial charge in [0.05, 0.1) is 17.8 Å². The predicted octanol–water partition coefficient (Wildman–Crippen LogP) is 3.85. The molecule has 6 nitrogen and oxygen atoms in total. The lowest BCUT2D eigenvalue weighted by Crippen LogP contribution is -2.39. The van der Waals surface area contributed by atoms with Crippen LogP contribution in [-0.4, -0.2) is 22.9 Å². The Kier molecular flexibility index (Phi) is 4.60. The van der Waals surface area contributed by atoms with Gasteiger partial charge in [0.15, 0.2) is 11.2 Å². The molecule has 4 rings (SSSR count). The summed E-state index contributed by atoms with van der Waals surface area (Å²) in [6.45, 7) is 1.93. The lowest BCUT2D eigenvalue weighted by Gasteiger charge is -2.25. The van der Waals surface area contributed by atoms with Crippen LogP contribution in [0.3, 0.4) is 0 Å². The molecule has 1 aliphatic rings. The van der Waals surface area contributed by atoms with Crippen molar-refractivity contribution in [1.29, 1.82) is 0 Å². The van der Waals surface area contributed by atoms with Gasteiger partial charge in [0.2, 0.25) is 5.91 Å². The summed E-state index contributed by atoms with van der Waals surface area (Å²) in [7, 11) is 0. The molecule has 0 radical (unpaired) electrons. The minimum atomic E-state index is -0.867. The molecule has 3 aromatic rings. The molecule has 2 amide bonds. The molecular formula is C20H17N3O3S. The van der Waals surface area contributed by atoms with E-state index < -0.39 is 6.10 Å². The molecule has 1 aromatic heterocycles. The molecule has 7 heteroatoms. The molecule has 136 valence electrons. The molecule has 0 spiro atoms. The van der Waals surface area contributed by atoms with E-state index in [0.29, 0.717) is 16.6 Å². The van der Waals surface area contributed by atoms with Crippen molar-refractivity contribution in [2.75, 3.05) is 10.6 Å². The van der Waals surface area contributed by atoms with Gasteiger partial charge in [-0.3, -0.25) is 9.59 Å². The maximum absolute atomic E-state index is 12.3. The number of nitrogens with one attached hydrogen (secondary N) is 2. The zero-order chi connectivity index (χ0) is 18.8. The number of aryl methyl sites for hydroxylation is 1. The predicted molar refractivity (Wildman–Crippen MR) is 105 cm³/mol. The first-order chi connectivity index (χ1) is 13.1. The summed E-state index contributed by atoms with van der Waals surface area (Å²) in [5, 5.41) is 7.90. The Morgan fingerprint density at radius 2 is 2.07 bits per heavy atom. The highest BCUT2D eigenvalue weighted by Crippen LogP contribution is 2.31. The summed E-state index contributed by atoms with van der Waals surface area (Å²) in [6.07, 6.45) is -0.951. The Morgan fingerprint density at radius 3 is 2.89 bits per heavy atom. The van der Waals surface area contributed by atoms with Crippen LogP contribution in [0.2, 0.25) is 0 Å². The molecule has 2 aromatic carbocycles. The standard InChI is InChI=1S/C20H17N3O3S/c1-12-7-8-16-14(9-12)21-19(25)17(26-16)10-18(24)23-20-22-15(11-27-20)13-5-3-2-4-6-13/h2-9,11,17H,10H2,1H3,(H,21,25)(H,22,23,24). The number of benzene rings is 2. The number of hydrogen-bond donors (Lipinski definition) is 2. The Morgan fingerprint density at radius 1 is 1.26 bits per heavy atom. The molecule has 1 atom stereocenters. The van der Waals surface area contributed by atoms with E-state index in [2.05, 4.69) is 15.6 Å². The van der Waals surface area contributed by atoms with E-state index in [9.17, 15) is 9.59 Å². The van der Waals surface area contributed by atoms with Crippen molar-refractivity contribution in [2.24, 2.45) is 0 Å². The van der Waals surface area contributed by atoms with Gasteiger partial charge in [-0.15, -0.1) is 11.3 Å². The van der Waals surface area contributed by atoms with Crippen LogP contribution in [0.15, 0.2) is 53.9 Å². The number of anilines is 2. The number of thiazole rings is 1. The van der Waals surface area contributed by atoms with Gasteiger partial charge in [0, 0.05) is 10.9 Å². The van der Waals surface area contributed by atoms with E-state index in [4.69, 9.17) is 4.74 Å². The quantitative estimate of drug-likeness (QED) is 0.722. The van der Waals surface area contributed by atoms with Gasteiger partial charge in [-0.25, -0.2) is 4.98 Å². The van der Waals surface area contributed by atoms with Crippen LogP contribution in [0.25, 0.3) is 11.3 Å². The highest BCUT2D eigenvalue weighted by molar-refractivity contribution is 7.14. The van der Waals surface area contributed by atoms with Crippen molar-refractivity contribution in [2.45, 2.75) is 19.4 Å². The third kappa shape index (κ3) is 3.83. The third-order valence-corrected chi connectivity index (χ3v) is 4.90. The highest BCUT2D eigenvalue weighted by atomic mass is 32.1. The number of hydrogen-bond acceptors (Lipinski definition) is 5. The zero-order valence-corrected chi connectivity index (χ0v) is 15.4. The second-order valence-corrected chi connectivity index (χ2v) is 7.11. The Bertz CT molecular complexity index is 1000. The van der Waals surface area contributed by atoms with E-state index in [1.54, 1.807) is 6.07 Å². The molecule has 2 N–H and O–H groups in total. The van der Waals surface area contributed by atoms with E-state index in [-0.39, 0.29) is 18.2 Å². The van der Waals surface area contributed by atoms with Crippen LogP contribution in [0.1, 0.15) is 12.0 Å². The SMILES string of the molecule is Cc1ccc2c(c1)NC(=O)C(CC(=O)Nc1nc(-c3ccccc3)cs1)O2. The first kappa shape index (κ1) is 17.2. The number of fused-ring (bicyclic) bond motifs is 1. The molecule has 1 unspecified atom stereocenters. The van der Waals surface area contributed by atoms with Gasteiger partial charge in [0.1, 0.15) is 5.75 Å². The van der Waals surface area contributed by atoms with E-state index in [1.165, 1.54) is 11.3 Å². The van der Waals surface area contributed by atoms with Gasteiger partial charge in [-0.1, -0.05) is 36.4 Å². The molecular weight excluding hydrogens is 362 g/mol. The fraction of sp³-hybridized carbons (Fsp3) is 0.150. The average Bonchev–Trinajstić information content (AvgIpc) is 3.11. The van der Waals surface area contributed by atoms with Gasteiger partial charge in [-0.05, 0) is 24.6 Å². The van der Waals surface area contributed by atoms with E-state index >= 15 is 0 Å². The number of nitrogens with zero attached hydrogens (tertiary/aromatic N) is 1. The monoisotopic (exact) mass is 379 g/mol. The number of ether oxygens (including phenoxy) is 1. The number of rotatable bonds is 4. The van der Waals surface area contributed by atoms with Gasteiger partial charge in [0.25, 0.3) is 5.91 Å². The van der Waals surface area contributed by atoms with Crippen molar-refractivity contribution >= 4 is 34.0 Å². The second kappa shape index (κ2) is 7.20. The molecule has 27 heavy (non-hydrogen) atoms. The third-order valence-electron chi connectivity index (χ3n) is 4.15. The maximum Gasteiger partial charge on any atom is 0.266 e. The molecule has 0 bridgehead atoms. The maximum atomic E-state index is 12.3. The average molecular weight is 379 g/mol. The number of aromatic nitrogens is 1. The van der Waals surface area contributed by atoms with E-state index in [1.807, 2.05) is 54.8 Å². The fourth-order valence-corrected chi connectivity index (χ4v) is 3.55. The molecule has 0 fully saturated rings. The summed E-state index contributed by atoms with van der Waals surface area (Å²) >= 11 is 1.34. The molecule has 0 saturated heterocycles. The van der Waals surface area contributed by atoms with Gasteiger partial charge in [-0.2, -0.15) is 0 Å². The zero-order valence-electron chi connectivity index (χ0n) is 14.6. The van der Waals surface area contributed by atoms with Crippen molar-refractivity contribution < 1.29 is 14.3 Å². The highest BCUT2D eigenvalue weighted by Gasteiger charge is 2.30. The minimum Gasteiger partial charge on any atom is -0.478 e. The van der Waals surface area contributed by atoms with E-state index in [0.717, 1.165) is 16.8 Å². The fourth-order valence-electron chi connectivity index (χ4n) is 2.81. The molecule has 1 aliphatic heterocycles. The summed E-state index contributed by atoms with van der Waals surface area (Å²) in [5.41, 5.74) is 3.43. The molecule has 2 heterocycles. The number of carbonyl (C=O) groups is 2. The van der Waals surface area contributed by atoms with Crippen molar-refractivity contribution in [3.05, 3.63) is 59.5 Å². The normalized spacial score (nSPS) is 15.4. The lowest BCUT2D eigenvalue weighted by molar-refractivity contribution is -0.128. The second-order valence-electron chi connectivity index (χ2n) is 6.25. The summed E-state index contributed by atoms with van der Waals surface area (Å²) in [4.78, 5) is 29.0. The number of amides is 2. The van der Waals surface area contributed by atoms with Crippen LogP contribution < -0.4 is 15.4 Å². The van der Waals surface area contributed by atoms with Gasteiger partial charge < -0.3 is 15.4 Å². The summed E-state index contributed by atoms with van der Waals surface area (Å²) < 4.78 is 5.69. The lowest BCUT2D eigenvalue weighted by atomic mass is 10.1. The van der Waals surface area contributed by atoms with Crippen molar-refractivity contribution in [3.63, 3.8) is 0 Å². The Balaban J connectivity index is 1.40. The molecule has 0 aliphatic carbocycles. The van der Waals surface area contributed by atoms with Gasteiger partial charge >= 0.3 is 0 Å². The number of carbonyl (C=O) groups excluding carboxylic acids is 2. The van der Waals surface area contributed by atoms with Crippen molar-refractivity contribution in [1.82, 2.24) is 4.98 Å². The molecule has 0 saturated carbocycles. The van der Waals surface area contributed by atoms with Crippen LogP contribution in [-0.2, 0) is 9.59 Å². The van der Waals surface area contributed by atoms with Crippen LogP contribution >= 0.6 is 11.3 Å². The Labute approximate surface area is 160 Å².